The maximum Gasteiger partial charge on any atom is 0.146 e. The molecule has 112 valence electrons. The minimum atomic E-state index is -0.198. The van der Waals surface area contributed by atoms with E-state index >= 15 is 0 Å². The highest BCUT2D eigenvalue weighted by Gasteiger charge is 2.44. The van der Waals surface area contributed by atoms with Gasteiger partial charge in [0.1, 0.15) is 5.82 Å². The monoisotopic (exact) mass is 279 g/mol. The van der Waals surface area contributed by atoms with Crippen LogP contribution in [0, 0.1) is 12.7 Å². The van der Waals surface area contributed by atoms with Crippen LogP contribution in [0.1, 0.15) is 39.8 Å². The van der Waals surface area contributed by atoms with Crippen molar-refractivity contribution in [3.63, 3.8) is 0 Å². The first-order valence-corrected chi connectivity index (χ1v) is 7.71. The maximum absolute atomic E-state index is 13.6. The number of halogens is 1. The fraction of sp³-hybridized carbons (Fsp3) is 0.688. The third-order valence-corrected chi connectivity index (χ3v) is 4.29. The van der Waals surface area contributed by atoms with Gasteiger partial charge in [-0.25, -0.2) is 4.39 Å². The first-order chi connectivity index (χ1) is 9.56. The van der Waals surface area contributed by atoms with Gasteiger partial charge in [0.15, 0.2) is 0 Å². The zero-order chi connectivity index (χ0) is 14.9. The standard InChI is InChI=1S/C14H20FN3.C2H6/c1-9(2)17-7-13-4-12(17)8-18(13)11-5-14(15)10(3)16-6-11;1-2/h5-6,9,12-13H,4,7-8H2,1-3H3;1-2H3. The second-order valence-corrected chi connectivity index (χ2v) is 5.75. The fourth-order valence-electron chi connectivity index (χ4n) is 3.30. The van der Waals surface area contributed by atoms with E-state index in [1.54, 1.807) is 19.2 Å². The Kier molecular flexibility index (Phi) is 4.63. The molecule has 2 atom stereocenters. The molecule has 3 rings (SSSR count). The number of nitrogens with zero attached hydrogens (tertiary/aromatic N) is 3. The van der Waals surface area contributed by atoms with Gasteiger partial charge in [-0.3, -0.25) is 9.88 Å². The van der Waals surface area contributed by atoms with Gasteiger partial charge in [-0.2, -0.15) is 0 Å². The van der Waals surface area contributed by atoms with Gasteiger partial charge in [-0.1, -0.05) is 13.8 Å². The van der Waals surface area contributed by atoms with Gasteiger partial charge in [0.05, 0.1) is 17.6 Å². The molecular weight excluding hydrogens is 253 g/mol. The van der Waals surface area contributed by atoms with Crippen molar-refractivity contribution in [2.75, 3.05) is 18.0 Å². The minimum Gasteiger partial charge on any atom is -0.364 e. The van der Waals surface area contributed by atoms with Crippen molar-refractivity contribution >= 4 is 5.69 Å². The van der Waals surface area contributed by atoms with Gasteiger partial charge < -0.3 is 4.90 Å². The number of hydrogen-bond donors (Lipinski definition) is 0. The zero-order valence-corrected chi connectivity index (χ0v) is 13.2. The lowest BCUT2D eigenvalue weighted by Crippen LogP contribution is -2.49. The predicted octanol–water partition coefficient (Wildman–Crippen LogP) is 3.23. The lowest BCUT2D eigenvalue weighted by atomic mass is 10.2. The highest BCUT2D eigenvalue weighted by atomic mass is 19.1. The Morgan fingerprint density at radius 2 is 1.95 bits per heavy atom. The largest absolute Gasteiger partial charge is 0.364 e. The Balaban J connectivity index is 0.000000704. The lowest BCUT2D eigenvalue weighted by molar-refractivity contribution is 0.191. The highest BCUT2D eigenvalue weighted by molar-refractivity contribution is 5.49. The predicted molar refractivity (Wildman–Crippen MR) is 81.7 cm³/mol. The number of hydrogen-bond acceptors (Lipinski definition) is 3. The average molecular weight is 279 g/mol. The van der Waals surface area contributed by atoms with Crippen molar-refractivity contribution in [3.05, 3.63) is 23.8 Å². The summed E-state index contributed by atoms with van der Waals surface area (Å²) >= 11 is 0. The van der Waals surface area contributed by atoms with Gasteiger partial charge in [-0.15, -0.1) is 0 Å². The molecule has 2 aliphatic rings. The van der Waals surface area contributed by atoms with Gasteiger partial charge in [0.25, 0.3) is 0 Å². The molecule has 1 aromatic rings. The van der Waals surface area contributed by atoms with E-state index in [0.717, 1.165) is 18.8 Å². The van der Waals surface area contributed by atoms with E-state index in [0.29, 0.717) is 23.8 Å². The third kappa shape index (κ3) is 2.66. The summed E-state index contributed by atoms with van der Waals surface area (Å²) < 4.78 is 13.6. The van der Waals surface area contributed by atoms with Crippen molar-refractivity contribution in [2.45, 2.75) is 59.2 Å². The van der Waals surface area contributed by atoms with Crippen LogP contribution in [0.3, 0.4) is 0 Å². The van der Waals surface area contributed by atoms with Crippen molar-refractivity contribution in [1.82, 2.24) is 9.88 Å². The number of aryl methyl sites for hydroxylation is 1. The molecule has 3 heterocycles. The van der Waals surface area contributed by atoms with Gasteiger partial charge in [0, 0.05) is 37.3 Å². The molecule has 20 heavy (non-hydrogen) atoms. The van der Waals surface area contributed by atoms with E-state index in [1.165, 1.54) is 6.42 Å². The van der Waals surface area contributed by atoms with Crippen LogP contribution in [0.25, 0.3) is 0 Å². The van der Waals surface area contributed by atoms with Crippen molar-refractivity contribution < 1.29 is 4.39 Å². The molecule has 0 aliphatic carbocycles. The van der Waals surface area contributed by atoms with E-state index < -0.39 is 0 Å². The fourth-order valence-corrected chi connectivity index (χ4v) is 3.30. The summed E-state index contributed by atoms with van der Waals surface area (Å²) in [6.07, 6.45) is 3.01. The van der Waals surface area contributed by atoms with Crippen molar-refractivity contribution in [1.29, 1.82) is 0 Å². The molecular formula is C16H26FN3. The summed E-state index contributed by atoms with van der Waals surface area (Å²) in [6.45, 7) is 12.3. The Bertz CT molecular complexity index is 461. The summed E-state index contributed by atoms with van der Waals surface area (Å²) in [5.74, 6) is -0.198. The van der Waals surface area contributed by atoms with Crippen LogP contribution in [0.15, 0.2) is 12.3 Å². The SMILES string of the molecule is CC.Cc1ncc(N2CC3CC2CN3C(C)C)cc1F. The number of rotatable bonds is 2. The summed E-state index contributed by atoms with van der Waals surface area (Å²) in [5, 5.41) is 0. The number of fused-ring (bicyclic) bond motifs is 2. The van der Waals surface area contributed by atoms with E-state index in [2.05, 4.69) is 28.6 Å². The topological polar surface area (TPSA) is 19.4 Å². The zero-order valence-electron chi connectivity index (χ0n) is 13.2. The molecule has 0 aromatic carbocycles. The molecule has 2 unspecified atom stereocenters. The van der Waals surface area contributed by atoms with Crippen LogP contribution in [-0.4, -0.2) is 41.1 Å². The second-order valence-electron chi connectivity index (χ2n) is 5.75. The number of aromatic nitrogens is 1. The van der Waals surface area contributed by atoms with Crippen LogP contribution in [0.4, 0.5) is 10.1 Å². The van der Waals surface area contributed by atoms with Crippen LogP contribution in [0.2, 0.25) is 0 Å². The second kappa shape index (κ2) is 6.08. The van der Waals surface area contributed by atoms with Crippen molar-refractivity contribution in [2.24, 2.45) is 0 Å². The third-order valence-electron chi connectivity index (χ3n) is 4.29. The Morgan fingerprint density at radius 3 is 2.45 bits per heavy atom. The molecule has 0 N–H and O–H groups in total. The van der Waals surface area contributed by atoms with E-state index in [1.807, 2.05) is 13.8 Å². The Hall–Kier alpha value is -1.16. The lowest BCUT2D eigenvalue weighted by Gasteiger charge is -2.37. The average Bonchev–Trinajstić information content (AvgIpc) is 3.04. The first-order valence-electron chi connectivity index (χ1n) is 7.71. The molecule has 2 aliphatic heterocycles. The van der Waals surface area contributed by atoms with Crippen LogP contribution >= 0.6 is 0 Å². The molecule has 3 nitrogen and oxygen atoms in total. The molecule has 0 radical (unpaired) electrons. The molecule has 1 aromatic heterocycles. The van der Waals surface area contributed by atoms with Gasteiger partial charge in [0.2, 0.25) is 0 Å². The van der Waals surface area contributed by atoms with Gasteiger partial charge in [-0.05, 0) is 27.2 Å². The molecule has 0 spiro atoms. The quantitative estimate of drug-likeness (QED) is 0.828. The maximum atomic E-state index is 13.6. The molecule has 2 saturated heterocycles. The normalized spacial score (nSPS) is 25.1. The van der Waals surface area contributed by atoms with E-state index in [4.69, 9.17) is 0 Å². The summed E-state index contributed by atoms with van der Waals surface area (Å²) in [6, 6.07) is 3.39. The summed E-state index contributed by atoms with van der Waals surface area (Å²) in [7, 11) is 0. The first kappa shape index (κ1) is 15.2. The smallest absolute Gasteiger partial charge is 0.146 e. The number of likely N-dealkylation sites (tertiary alicyclic amines) is 1. The van der Waals surface area contributed by atoms with Crippen LogP contribution < -0.4 is 4.90 Å². The molecule has 0 amide bonds. The molecule has 2 bridgehead atoms. The minimum absolute atomic E-state index is 0.198. The van der Waals surface area contributed by atoms with E-state index in [9.17, 15) is 4.39 Å². The number of piperazine rings is 1. The molecule has 4 heteroatoms. The summed E-state index contributed by atoms with van der Waals surface area (Å²) in [5.41, 5.74) is 1.42. The summed E-state index contributed by atoms with van der Waals surface area (Å²) in [4.78, 5) is 9.00. The highest BCUT2D eigenvalue weighted by Crippen LogP contribution is 2.35. The van der Waals surface area contributed by atoms with Gasteiger partial charge >= 0.3 is 0 Å². The van der Waals surface area contributed by atoms with E-state index in [-0.39, 0.29) is 5.82 Å². The Labute approximate surface area is 121 Å². The van der Waals surface area contributed by atoms with Crippen molar-refractivity contribution in [3.8, 4) is 0 Å². The molecule has 0 saturated carbocycles. The van der Waals surface area contributed by atoms with Crippen LogP contribution in [-0.2, 0) is 0 Å². The Morgan fingerprint density at radius 1 is 1.25 bits per heavy atom. The number of anilines is 1. The molecule has 2 fully saturated rings. The number of pyridine rings is 1. The van der Waals surface area contributed by atoms with Crippen LogP contribution in [0.5, 0.6) is 0 Å².